The van der Waals surface area contributed by atoms with Crippen LogP contribution in [0.4, 0.5) is 0 Å². The van der Waals surface area contributed by atoms with Crippen molar-refractivity contribution in [3.05, 3.63) is 59.2 Å². The van der Waals surface area contributed by atoms with Crippen LogP contribution in [-0.2, 0) is 11.2 Å². The molecule has 0 aromatic heterocycles. The number of hydrogen-bond acceptors (Lipinski definition) is 10. The van der Waals surface area contributed by atoms with Crippen molar-refractivity contribution in [1.29, 1.82) is 0 Å². The Morgan fingerprint density at radius 1 is 0.857 bits per heavy atom. The lowest BCUT2D eigenvalue weighted by Gasteiger charge is -2.34. The number of benzene rings is 3. The number of fused-ring (bicyclic) bond motifs is 1. The zero-order valence-corrected chi connectivity index (χ0v) is 19.1. The number of ether oxygens (including phenoxy) is 5. The van der Waals surface area contributed by atoms with Crippen molar-refractivity contribution in [2.24, 2.45) is 0 Å². The molecule has 0 amide bonds. The van der Waals surface area contributed by atoms with Crippen LogP contribution in [0.25, 0.3) is 0 Å². The molecule has 0 bridgehead atoms. The average molecular weight is 484 g/mol. The minimum absolute atomic E-state index is 0.137. The fraction of sp³-hybridized carbons (Fsp3) is 0.240. The van der Waals surface area contributed by atoms with E-state index in [2.05, 4.69) is 0 Å². The molecule has 35 heavy (non-hydrogen) atoms. The van der Waals surface area contributed by atoms with Crippen LogP contribution in [0.15, 0.2) is 42.5 Å². The van der Waals surface area contributed by atoms with E-state index in [1.165, 1.54) is 21.3 Å². The highest BCUT2D eigenvalue weighted by molar-refractivity contribution is 5.91. The number of esters is 1. The van der Waals surface area contributed by atoms with Crippen molar-refractivity contribution in [3.8, 4) is 46.0 Å². The molecule has 0 fully saturated rings. The van der Waals surface area contributed by atoms with Crippen LogP contribution in [0, 0.1) is 0 Å². The largest absolute Gasteiger partial charge is 0.504 e. The van der Waals surface area contributed by atoms with Gasteiger partial charge in [0.25, 0.3) is 0 Å². The van der Waals surface area contributed by atoms with Gasteiger partial charge in [-0.15, -0.1) is 0 Å². The maximum Gasteiger partial charge on any atom is 0.338 e. The highest BCUT2D eigenvalue weighted by Crippen LogP contribution is 2.44. The van der Waals surface area contributed by atoms with E-state index in [-0.39, 0.29) is 29.2 Å². The van der Waals surface area contributed by atoms with Crippen molar-refractivity contribution < 1.29 is 48.9 Å². The molecule has 184 valence electrons. The van der Waals surface area contributed by atoms with Gasteiger partial charge in [-0.3, -0.25) is 0 Å². The molecule has 0 aliphatic carbocycles. The van der Waals surface area contributed by atoms with E-state index in [1.54, 1.807) is 30.3 Å². The number of carbonyl (C=O) groups excluding carboxylic acids is 1. The van der Waals surface area contributed by atoms with E-state index in [0.29, 0.717) is 17.1 Å². The summed E-state index contributed by atoms with van der Waals surface area (Å²) in [5.74, 6) is -1.76. The number of methoxy groups -OCH3 is 3. The first-order chi connectivity index (χ1) is 16.7. The Morgan fingerprint density at radius 3 is 2.06 bits per heavy atom. The van der Waals surface area contributed by atoms with E-state index < -0.39 is 35.4 Å². The minimum atomic E-state index is -0.861. The first-order valence-electron chi connectivity index (χ1n) is 10.5. The quantitative estimate of drug-likeness (QED) is 0.303. The van der Waals surface area contributed by atoms with Gasteiger partial charge in [0, 0.05) is 18.1 Å². The summed E-state index contributed by atoms with van der Waals surface area (Å²) in [6.07, 6.45) is -1.45. The van der Waals surface area contributed by atoms with Crippen molar-refractivity contribution >= 4 is 5.97 Å². The van der Waals surface area contributed by atoms with Crippen LogP contribution in [0.5, 0.6) is 46.0 Å². The van der Waals surface area contributed by atoms with Crippen molar-refractivity contribution in [3.63, 3.8) is 0 Å². The van der Waals surface area contributed by atoms with Gasteiger partial charge < -0.3 is 44.1 Å². The third-order valence-electron chi connectivity index (χ3n) is 5.68. The van der Waals surface area contributed by atoms with Crippen LogP contribution < -0.4 is 18.9 Å². The van der Waals surface area contributed by atoms with E-state index in [1.807, 2.05) is 0 Å². The molecule has 3 aromatic rings. The average Bonchev–Trinajstić information content (AvgIpc) is 2.86. The number of phenols is 4. The fourth-order valence-corrected chi connectivity index (χ4v) is 3.87. The molecule has 1 heterocycles. The lowest BCUT2D eigenvalue weighted by atomic mass is 9.94. The zero-order chi connectivity index (χ0) is 25.3. The van der Waals surface area contributed by atoms with E-state index >= 15 is 0 Å². The van der Waals surface area contributed by atoms with Gasteiger partial charge >= 0.3 is 5.97 Å². The molecule has 0 saturated carbocycles. The van der Waals surface area contributed by atoms with Gasteiger partial charge in [-0.25, -0.2) is 4.79 Å². The summed E-state index contributed by atoms with van der Waals surface area (Å²) in [6, 6.07) is 10.3. The number of aromatic hydroxyl groups is 4. The van der Waals surface area contributed by atoms with E-state index in [9.17, 15) is 25.2 Å². The molecule has 4 rings (SSSR count). The maximum absolute atomic E-state index is 12.9. The van der Waals surface area contributed by atoms with Gasteiger partial charge in [0.2, 0.25) is 5.75 Å². The monoisotopic (exact) mass is 484 g/mol. The molecular formula is C25H24O10. The van der Waals surface area contributed by atoms with Crippen LogP contribution in [0.2, 0.25) is 0 Å². The van der Waals surface area contributed by atoms with Crippen molar-refractivity contribution in [2.45, 2.75) is 18.6 Å². The second-order valence-electron chi connectivity index (χ2n) is 7.80. The van der Waals surface area contributed by atoms with E-state index in [4.69, 9.17) is 23.7 Å². The Bertz CT molecular complexity index is 1220. The van der Waals surface area contributed by atoms with Gasteiger partial charge in [0.05, 0.1) is 26.9 Å². The van der Waals surface area contributed by atoms with E-state index in [0.717, 1.165) is 17.7 Å². The molecule has 1 aliphatic heterocycles. The number of carbonyl (C=O) groups is 1. The first-order valence-corrected chi connectivity index (χ1v) is 10.5. The van der Waals surface area contributed by atoms with Crippen LogP contribution >= 0.6 is 0 Å². The highest BCUT2D eigenvalue weighted by atomic mass is 16.6. The Hall–Kier alpha value is -4.47. The van der Waals surface area contributed by atoms with Gasteiger partial charge in [-0.2, -0.15) is 0 Å². The van der Waals surface area contributed by atoms with Crippen molar-refractivity contribution in [2.75, 3.05) is 21.3 Å². The summed E-state index contributed by atoms with van der Waals surface area (Å²) >= 11 is 0. The smallest absolute Gasteiger partial charge is 0.338 e. The minimum Gasteiger partial charge on any atom is -0.504 e. The third-order valence-corrected chi connectivity index (χ3v) is 5.68. The van der Waals surface area contributed by atoms with Gasteiger partial charge in [0.1, 0.15) is 17.6 Å². The molecule has 2 atom stereocenters. The lowest BCUT2D eigenvalue weighted by Crippen LogP contribution is -2.34. The third kappa shape index (κ3) is 4.50. The van der Waals surface area contributed by atoms with Crippen LogP contribution in [0.1, 0.15) is 27.6 Å². The van der Waals surface area contributed by atoms with Crippen LogP contribution in [0.3, 0.4) is 0 Å². The van der Waals surface area contributed by atoms with Gasteiger partial charge in [-0.05, 0) is 35.9 Å². The second-order valence-corrected chi connectivity index (χ2v) is 7.80. The molecule has 0 spiro atoms. The summed E-state index contributed by atoms with van der Waals surface area (Å²) in [7, 11) is 4.31. The van der Waals surface area contributed by atoms with Crippen molar-refractivity contribution in [1.82, 2.24) is 0 Å². The predicted molar refractivity (Wildman–Crippen MR) is 122 cm³/mol. The summed E-state index contributed by atoms with van der Waals surface area (Å²) in [4.78, 5) is 12.9. The summed E-state index contributed by atoms with van der Waals surface area (Å²) in [6.45, 7) is 0. The van der Waals surface area contributed by atoms with Crippen LogP contribution in [-0.4, -0.2) is 53.8 Å². The summed E-state index contributed by atoms with van der Waals surface area (Å²) in [5, 5.41) is 39.4. The fourth-order valence-electron chi connectivity index (χ4n) is 3.87. The molecule has 0 radical (unpaired) electrons. The molecule has 10 heteroatoms. The number of rotatable bonds is 6. The van der Waals surface area contributed by atoms with Gasteiger partial charge in [-0.1, -0.05) is 6.07 Å². The topological polar surface area (TPSA) is 144 Å². The number of hydrogen-bond donors (Lipinski definition) is 4. The molecule has 0 unspecified atom stereocenters. The zero-order valence-electron chi connectivity index (χ0n) is 19.1. The second kappa shape index (κ2) is 9.41. The Morgan fingerprint density at radius 2 is 1.49 bits per heavy atom. The Kier molecular flexibility index (Phi) is 6.37. The Labute approximate surface area is 200 Å². The summed E-state index contributed by atoms with van der Waals surface area (Å²) in [5.41, 5.74) is 1.09. The number of phenolic OH excluding ortho intramolecular Hbond substituents is 4. The standard InChI is InChI=1S/C25H24O10/c1-31-15-5-4-12-8-21(35-25(30)14-6-16(26)22(28)17(27)7-14)24(34-18(12)11-15)13-9-19(32-2)23(29)20(10-13)33-3/h4-7,9-11,21,24,26-29H,8H2,1-3H3/t21-,24+/m1/s1. The molecule has 0 saturated heterocycles. The maximum atomic E-state index is 12.9. The highest BCUT2D eigenvalue weighted by Gasteiger charge is 2.36. The predicted octanol–water partition coefficient (Wildman–Crippen LogP) is 3.44. The molecule has 10 nitrogen and oxygen atoms in total. The summed E-state index contributed by atoms with van der Waals surface area (Å²) < 4.78 is 27.8. The Balaban J connectivity index is 1.75. The lowest BCUT2D eigenvalue weighted by molar-refractivity contribution is -0.0185. The first kappa shape index (κ1) is 23.7. The normalized spacial score (nSPS) is 16.5. The molecule has 3 aromatic carbocycles. The van der Waals surface area contributed by atoms with Gasteiger partial charge in [0.15, 0.2) is 34.9 Å². The molecular weight excluding hydrogens is 460 g/mol. The SMILES string of the molecule is COc1ccc2c(c1)O[C@@H](c1cc(OC)c(O)c(OC)c1)[C@H](OC(=O)c1cc(O)c(O)c(O)c1)C2. The molecule has 4 N–H and O–H groups in total. The molecule has 1 aliphatic rings.